The van der Waals surface area contributed by atoms with Crippen molar-refractivity contribution in [3.8, 4) is 11.5 Å². The van der Waals surface area contributed by atoms with Gasteiger partial charge in [0.15, 0.2) is 5.75 Å². The number of anilines is 1. The first-order chi connectivity index (χ1) is 10.7. The van der Waals surface area contributed by atoms with Crippen LogP contribution in [0.15, 0.2) is 41.9 Å². The van der Waals surface area contributed by atoms with E-state index in [2.05, 4.69) is 16.5 Å². The highest BCUT2D eigenvalue weighted by Crippen LogP contribution is 2.50. The van der Waals surface area contributed by atoms with E-state index in [1.54, 1.807) is 12.1 Å². The number of hydrogen-bond donors (Lipinski definition) is 2. The lowest BCUT2D eigenvalue weighted by Gasteiger charge is -2.31. The van der Waals surface area contributed by atoms with E-state index in [9.17, 15) is 10.2 Å². The standard InChI is InChI=1S/C18H20N2O2/c1-2-10-19-15-16(20-11-6-3-7-12-20)18(22)14-9-5-4-8-13(14)17(15)21/h2,4-5,8-10,21-22H,1,3,6-7,11-12H2. The maximum absolute atomic E-state index is 10.8. The van der Waals surface area contributed by atoms with Crippen molar-refractivity contribution in [3.63, 3.8) is 0 Å². The Morgan fingerprint density at radius 1 is 1.00 bits per heavy atom. The number of fused-ring (bicyclic) bond motifs is 1. The highest BCUT2D eigenvalue weighted by Gasteiger charge is 2.24. The minimum absolute atomic E-state index is 0.104. The number of aromatic hydroxyl groups is 2. The molecule has 2 aromatic rings. The molecule has 4 heteroatoms. The van der Waals surface area contributed by atoms with Crippen LogP contribution >= 0.6 is 0 Å². The Morgan fingerprint density at radius 3 is 2.27 bits per heavy atom. The van der Waals surface area contributed by atoms with Crippen LogP contribution in [0.4, 0.5) is 11.4 Å². The number of phenols is 2. The number of hydrogen-bond acceptors (Lipinski definition) is 4. The Bertz CT molecular complexity index is 731. The highest BCUT2D eigenvalue weighted by atomic mass is 16.3. The van der Waals surface area contributed by atoms with Crippen LogP contribution in [0.1, 0.15) is 19.3 Å². The third-order valence-electron chi connectivity index (χ3n) is 4.09. The van der Waals surface area contributed by atoms with Crippen LogP contribution in [0, 0.1) is 0 Å². The molecule has 0 aromatic heterocycles. The molecule has 3 rings (SSSR count). The summed E-state index contributed by atoms with van der Waals surface area (Å²) in [7, 11) is 0. The van der Waals surface area contributed by atoms with Gasteiger partial charge in [0.2, 0.25) is 0 Å². The van der Waals surface area contributed by atoms with Crippen LogP contribution < -0.4 is 4.90 Å². The summed E-state index contributed by atoms with van der Waals surface area (Å²) in [5.74, 6) is 0.290. The molecular weight excluding hydrogens is 276 g/mol. The number of nitrogens with zero attached hydrogens (tertiary/aromatic N) is 2. The van der Waals surface area contributed by atoms with Crippen LogP contribution in [-0.4, -0.2) is 29.5 Å². The van der Waals surface area contributed by atoms with E-state index in [4.69, 9.17) is 0 Å². The van der Waals surface area contributed by atoms with Crippen molar-refractivity contribution in [1.29, 1.82) is 0 Å². The van der Waals surface area contributed by atoms with Gasteiger partial charge >= 0.3 is 0 Å². The zero-order chi connectivity index (χ0) is 15.5. The predicted molar refractivity (Wildman–Crippen MR) is 91.7 cm³/mol. The lowest BCUT2D eigenvalue weighted by molar-refractivity contribution is 0.466. The zero-order valence-corrected chi connectivity index (χ0v) is 12.5. The first-order valence-electron chi connectivity index (χ1n) is 7.60. The van der Waals surface area contributed by atoms with E-state index >= 15 is 0 Å². The van der Waals surface area contributed by atoms with Crippen molar-refractivity contribution >= 4 is 28.4 Å². The lowest BCUT2D eigenvalue weighted by Crippen LogP contribution is -2.29. The molecule has 4 nitrogen and oxygen atoms in total. The van der Waals surface area contributed by atoms with Crippen molar-refractivity contribution < 1.29 is 10.2 Å². The highest BCUT2D eigenvalue weighted by molar-refractivity contribution is 6.05. The minimum atomic E-state index is 0.104. The third-order valence-corrected chi connectivity index (χ3v) is 4.09. The molecule has 1 aliphatic heterocycles. The van der Waals surface area contributed by atoms with Gasteiger partial charge in [0.05, 0.1) is 0 Å². The number of aliphatic imine (C=N–C) groups is 1. The van der Waals surface area contributed by atoms with E-state index in [0.29, 0.717) is 22.1 Å². The molecule has 1 heterocycles. The normalized spacial score (nSPS) is 15.5. The van der Waals surface area contributed by atoms with E-state index in [0.717, 1.165) is 25.9 Å². The second-order valence-corrected chi connectivity index (χ2v) is 5.50. The number of rotatable bonds is 3. The lowest BCUT2D eigenvalue weighted by atomic mass is 10.0. The molecule has 1 saturated heterocycles. The Kier molecular flexibility index (Phi) is 4.00. The molecule has 1 aliphatic rings. The average molecular weight is 296 g/mol. The second kappa shape index (κ2) is 6.10. The molecule has 0 amide bonds. The molecule has 2 aromatic carbocycles. The molecule has 0 unspecified atom stereocenters. The monoisotopic (exact) mass is 296 g/mol. The van der Waals surface area contributed by atoms with Gasteiger partial charge < -0.3 is 15.1 Å². The van der Waals surface area contributed by atoms with Crippen LogP contribution in [0.5, 0.6) is 11.5 Å². The molecule has 0 aliphatic carbocycles. The Morgan fingerprint density at radius 2 is 1.64 bits per heavy atom. The van der Waals surface area contributed by atoms with Gasteiger partial charge in [-0.3, -0.25) is 4.99 Å². The molecule has 0 radical (unpaired) electrons. The first kappa shape index (κ1) is 14.4. The van der Waals surface area contributed by atoms with Crippen LogP contribution in [0.3, 0.4) is 0 Å². The van der Waals surface area contributed by atoms with Crippen molar-refractivity contribution in [2.45, 2.75) is 19.3 Å². The van der Waals surface area contributed by atoms with E-state index < -0.39 is 0 Å². The molecule has 114 valence electrons. The maximum atomic E-state index is 10.8. The summed E-state index contributed by atoms with van der Waals surface area (Å²) in [6.07, 6.45) is 6.46. The maximum Gasteiger partial charge on any atom is 0.151 e. The SMILES string of the molecule is C=CC=Nc1c(N2CCCCC2)c(O)c2ccccc2c1O. The Labute approximate surface area is 130 Å². The molecular formula is C18H20N2O2. The van der Waals surface area contributed by atoms with Crippen LogP contribution in [0.2, 0.25) is 0 Å². The van der Waals surface area contributed by atoms with Gasteiger partial charge in [-0.05, 0) is 19.3 Å². The van der Waals surface area contributed by atoms with Crippen molar-refractivity contribution in [2.24, 2.45) is 4.99 Å². The summed E-state index contributed by atoms with van der Waals surface area (Å²) < 4.78 is 0. The summed E-state index contributed by atoms with van der Waals surface area (Å²) in [4.78, 5) is 6.43. The van der Waals surface area contributed by atoms with Gasteiger partial charge in [0.1, 0.15) is 17.1 Å². The van der Waals surface area contributed by atoms with Crippen molar-refractivity contribution in [3.05, 3.63) is 36.9 Å². The number of piperidine rings is 1. The summed E-state index contributed by atoms with van der Waals surface area (Å²) in [6.45, 7) is 5.35. The fourth-order valence-electron chi connectivity index (χ4n) is 3.04. The predicted octanol–water partition coefficient (Wildman–Crippen LogP) is 4.13. The zero-order valence-electron chi connectivity index (χ0n) is 12.5. The van der Waals surface area contributed by atoms with E-state index in [-0.39, 0.29) is 11.5 Å². The molecule has 2 N–H and O–H groups in total. The van der Waals surface area contributed by atoms with Gasteiger partial charge in [-0.2, -0.15) is 0 Å². The Hall–Kier alpha value is -2.49. The van der Waals surface area contributed by atoms with Gasteiger partial charge in [-0.25, -0.2) is 0 Å². The smallest absolute Gasteiger partial charge is 0.151 e. The summed E-state index contributed by atoms with van der Waals surface area (Å²) in [5.41, 5.74) is 1.03. The van der Waals surface area contributed by atoms with E-state index in [1.807, 2.05) is 18.2 Å². The van der Waals surface area contributed by atoms with Crippen molar-refractivity contribution in [1.82, 2.24) is 0 Å². The number of allylic oxidation sites excluding steroid dienone is 1. The minimum Gasteiger partial charge on any atom is -0.505 e. The molecule has 0 bridgehead atoms. The van der Waals surface area contributed by atoms with Crippen molar-refractivity contribution in [2.75, 3.05) is 18.0 Å². The molecule has 1 fully saturated rings. The topological polar surface area (TPSA) is 56.1 Å². The summed E-state index contributed by atoms with van der Waals surface area (Å²) in [6, 6.07) is 7.30. The number of phenolic OH excluding ortho intramolecular Hbond substituents is 2. The molecule has 0 atom stereocenters. The van der Waals surface area contributed by atoms with E-state index in [1.165, 1.54) is 12.6 Å². The van der Waals surface area contributed by atoms with Gasteiger partial charge in [0, 0.05) is 30.1 Å². The quantitative estimate of drug-likeness (QED) is 0.661. The third kappa shape index (κ3) is 2.41. The molecule has 0 spiro atoms. The van der Waals surface area contributed by atoms with Gasteiger partial charge in [-0.1, -0.05) is 36.9 Å². The Balaban J connectivity index is 2.28. The summed E-state index contributed by atoms with van der Waals surface area (Å²) >= 11 is 0. The fourth-order valence-corrected chi connectivity index (χ4v) is 3.04. The second-order valence-electron chi connectivity index (χ2n) is 5.50. The molecule has 22 heavy (non-hydrogen) atoms. The van der Waals surface area contributed by atoms with Crippen LogP contribution in [-0.2, 0) is 0 Å². The van der Waals surface area contributed by atoms with Crippen LogP contribution in [0.25, 0.3) is 10.8 Å². The average Bonchev–Trinajstić information content (AvgIpc) is 2.57. The summed E-state index contributed by atoms with van der Waals surface area (Å²) in [5, 5.41) is 22.6. The fraction of sp³-hybridized carbons (Fsp3) is 0.278. The van der Waals surface area contributed by atoms with Gasteiger partial charge in [-0.15, -0.1) is 0 Å². The molecule has 0 saturated carbocycles. The first-order valence-corrected chi connectivity index (χ1v) is 7.60. The van der Waals surface area contributed by atoms with Gasteiger partial charge in [0.25, 0.3) is 0 Å². The largest absolute Gasteiger partial charge is 0.505 e. The number of benzene rings is 2.